The molecule has 0 radical (unpaired) electrons. The van der Waals surface area contributed by atoms with Crippen molar-refractivity contribution in [2.45, 2.75) is 71.6 Å². The molecule has 1 rings (SSSR count). The van der Waals surface area contributed by atoms with Crippen molar-refractivity contribution in [1.82, 2.24) is 5.32 Å². The zero-order chi connectivity index (χ0) is 15.6. The number of esters is 1. The summed E-state index contributed by atoms with van der Waals surface area (Å²) in [5, 5.41) is 2.76. The van der Waals surface area contributed by atoms with Crippen LogP contribution < -0.4 is 5.32 Å². The number of nitrogens with one attached hydrogen (secondary N) is 1. The average molecular weight is 283 g/mol. The molecule has 0 saturated heterocycles. The molecule has 0 aromatic carbocycles. The van der Waals surface area contributed by atoms with Gasteiger partial charge in [-0.1, -0.05) is 6.08 Å². The van der Waals surface area contributed by atoms with Crippen molar-refractivity contribution in [1.29, 1.82) is 0 Å². The van der Waals surface area contributed by atoms with Crippen molar-refractivity contribution in [3.8, 4) is 0 Å². The van der Waals surface area contributed by atoms with E-state index in [1.807, 2.05) is 47.6 Å². The van der Waals surface area contributed by atoms with Crippen molar-refractivity contribution in [3.05, 3.63) is 11.6 Å². The van der Waals surface area contributed by atoms with Crippen LogP contribution in [-0.4, -0.2) is 29.3 Å². The molecule has 0 heterocycles. The van der Waals surface area contributed by atoms with Crippen LogP contribution in [0.5, 0.6) is 0 Å². The quantitative estimate of drug-likeness (QED) is 0.791. The summed E-state index contributed by atoms with van der Waals surface area (Å²) in [7, 11) is 0. The van der Waals surface area contributed by atoms with E-state index in [9.17, 15) is 9.59 Å². The Hall–Kier alpha value is -1.52. The van der Waals surface area contributed by atoms with Crippen LogP contribution in [0, 0.1) is 0 Å². The molecule has 1 aliphatic rings. The minimum Gasteiger partial charge on any atom is -0.457 e. The van der Waals surface area contributed by atoms with Crippen LogP contribution in [0.1, 0.15) is 54.4 Å². The van der Waals surface area contributed by atoms with Crippen molar-refractivity contribution < 1.29 is 19.1 Å². The maximum atomic E-state index is 11.9. The summed E-state index contributed by atoms with van der Waals surface area (Å²) in [5.74, 6) is -0.314. The van der Waals surface area contributed by atoms with Gasteiger partial charge in [0.05, 0.1) is 0 Å². The third-order valence-corrected chi connectivity index (χ3v) is 2.50. The van der Waals surface area contributed by atoms with E-state index in [0.29, 0.717) is 18.4 Å². The van der Waals surface area contributed by atoms with Crippen LogP contribution in [0.2, 0.25) is 0 Å². The first kappa shape index (κ1) is 16.5. The molecular weight excluding hydrogens is 258 g/mol. The summed E-state index contributed by atoms with van der Waals surface area (Å²) in [6.07, 6.45) is 2.46. The lowest BCUT2D eigenvalue weighted by atomic mass is 10.1. The number of alkyl carbamates (subject to hydrolysis) is 1. The van der Waals surface area contributed by atoms with Gasteiger partial charge in [0.2, 0.25) is 0 Å². The molecule has 1 unspecified atom stereocenters. The fourth-order valence-electron chi connectivity index (χ4n) is 1.81. The SMILES string of the molecule is CC(C)(C)OC(=O)NC1CC=C(C(=O)OC(C)(C)C)C1. The van der Waals surface area contributed by atoms with Gasteiger partial charge in [0, 0.05) is 11.6 Å². The first-order chi connectivity index (χ1) is 8.96. The molecule has 0 aromatic rings. The van der Waals surface area contributed by atoms with Crippen LogP contribution in [0.25, 0.3) is 0 Å². The molecule has 0 spiro atoms. The van der Waals surface area contributed by atoms with E-state index < -0.39 is 17.3 Å². The molecule has 0 aliphatic heterocycles. The lowest BCUT2D eigenvalue weighted by Gasteiger charge is -2.22. The van der Waals surface area contributed by atoms with E-state index in [4.69, 9.17) is 9.47 Å². The monoisotopic (exact) mass is 283 g/mol. The highest BCUT2D eigenvalue weighted by molar-refractivity contribution is 5.89. The van der Waals surface area contributed by atoms with E-state index in [1.54, 1.807) is 0 Å². The van der Waals surface area contributed by atoms with Crippen LogP contribution in [-0.2, 0) is 14.3 Å². The average Bonchev–Trinajstić information content (AvgIpc) is 2.59. The fraction of sp³-hybridized carbons (Fsp3) is 0.733. The van der Waals surface area contributed by atoms with Gasteiger partial charge < -0.3 is 14.8 Å². The molecule has 5 heteroatoms. The van der Waals surface area contributed by atoms with Gasteiger partial charge in [-0.25, -0.2) is 9.59 Å². The zero-order valence-corrected chi connectivity index (χ0v) is 13.2. The van der Waals surface area contributed by atoms with Crippen LogP contribution in [0.3, 0.4) is 0 Å². The Morgan fingerprint density at radius 1 is 1.10 bits per heavy atom. The first-order valence-electron chi connectivity index (χ1n) is 6.88. The number of ether oxygens (including phenoxy) is 2. The Bertz CT molecular complexity index is 413. The summed E-state index contributed by atoms with van der Waals surface area (Å²) < 4.78 is 10.5. The largest absolute Gasteiger partial charge is 0.457 e. The number of rotatable bonds is 2. The number of hydrogen-bond acceptors (Lipinski definition) is 4. The molecular formula is C15H25NO4. The van der Waals surface area contributed by atoms with E-state index in [2.05, 4.69) is 5.32 Å². The fourth-order valence-corrected chi connectivity index (χ4v) is 1.81. The predicted molar refractivity (Wildman–Crippen MR) is 76.3 cm³/mol. The van der Waals surface area contributed by atoms with E-state index in [-0.39, 0.29) is 12.0 Å². The Morgan fingerprint density at radius 3 is 2.15 bits per heavy atom. The number of amides is 1. The van der Waals surface area contributed by atoms with E-state index in [0.717, 1.165) is 0 Å². The van der Waals surface area contributed by atoms with Crippen LogP contribution >= 0.6 is 0 Å². The lowest BCUT2D eigenvalue weighted by molar-refractivity contribution is -0.150. The second-order valence-electron chi connectivity index (χ2n) is 7.01. The molecule has 0 bridgehead atoms. The van der Waals surface area contributed by atoms with Crippen molar-refractivity contribution in [3.63, 3.8) is 0 Å². The van der Waals surface area contributed by atoms with Gasteiger partial charge in [-0.05, 0) is 54.4 Å². The van der Waals surface area contributed by atoms with Gasteiger partial charge in [-0.3, -0.25) is 0 Å². The van der Waals surface area contributed by atoms with Gasteiger partial charge in [0.1, 0.15) is 11.2 Å². The van der Waals surface area contributed by atoms with Crippen LogP contribution in [0.4, 0.5) is 4.79 Å². The third-order valence-electron chi connectivity index (χ3n) is 2.50. The summed E-state index contributed by atoms with van der Waals surface area (Å²) in [6, 6.07) is -0.104. The summed E-state index contributed by atoms with van der Waals surface area (Å²) >= 11 is 0. The second kappa shape index (κ2) is 5.85. The van der Waals surface area contributed by atoms with Gasteiger partial charge in [0.15, 0.2) is 0 Å². The van der Waals surface area contributed by atoms with Crippen molar-refractivity contribution in [2.75, 3.05) is 0 Å². The predicted octanol–water partition coefficient (Wildman–Crippen LogP) is 2.94. The molecule has 1 N–H and O–H groups in total. The molecule has 1 amide bonds. The van der Waals surface area contributed by atoms with Gasteiger partial charge in [0.25, 0.3) is 0 Å². The molecule has 5 nitrogen and oxygen atoms in total. The highest BCUT2D eigenvalue weighted by Crippen LogP contribution is 2.22. The van der Waals surface area contributed by atoms with Crippen LogP contribution in [0.15, 0.2) is 11.6 Å². The first-order valence-corrected chi connectivity index (χ1v) is 6.88. The molecule has 1 atom stereocenters. The zero-order valence-electron chi connectivity index (χ0n) is 13.2. The van der Waals surface area contributed by atoms with E-state index in [1.165, 1.54) is 0 Å². The molecule has 0 saturated carbocycles. The smallest absolute Gasteiger partial charge is 0.407 e. The molecule has 0 fully saturated rings. The minimum absolute atomic E-state index is 0.104. The Labute approximate surface area is 120 Å². The van der Waals surface area contributed by atoms with Crippen molar-refractivity contribution >= 4 is 12.1 Å². The molecule has 20 heavy (non-hydrogen) atoms. The minimum atomic E-state index is -0.524. The Kier molecular flexibility index (Phi) is 4.84. The van der Waals surface area contributed by atoms with Gasteiger partial charge in [-0.15, -0.1) is 0 Å². The molecule has 0 aromatic heterocycles. The standard InChI is InChI=1S/C15H25NO4/c1-14(2,3)19-12(17)10-7-8-11(9-10)16-13(18)20-15(4,5)6/h7,11H,8-9H2,1-6H3,(H,16,18). The highest BCUT2D eigenvalue weighted by Gasteiger charge is 2.28. The molecule has 1 aliphatic carbocycles. The summed E-state index contributed by atoms with van der Waals surface area (Å²) in [5.41, 5.74) is -0.417. The van der Waals surface area contributed by atoms with Crippen molar-refractivity contribution in [2.24, 2.45) is 0 Å². The highest BCUT2D eigenvalue weighted by atomic mass is 16.6. The normalized spacial score (nSPS) is 19.3. The maximum absolute atomic E-state index is 11.9. The number of carbonyl (C=O) groups excluding carboxylic acids is 2. The number of hydrogen-bond donors (Lipinski definition) is 1. The third kappa shape index (κ3) is 6.08. The van der Waals surface area contributed by atoms with Gasteiger partial charge in [-0.2, -0.15) is 0 Å². The Balaban J connectivity index is 2.43. The lowest BCUT2D eigenvalue weighted by Crippen LogP contribution is -2.38. The molecule has 114 valence electrons. The number of carbonyl (C=O) groups is 2. The topological polar surface area (TPSA) is 64.6 Å². The summed E-state index contributed by atoms with van der Waals surface area (Å²) in [4.78, 5) is 23.5. The Morgan fingerprint density at radius 2 is 1.65 bits per heavy atom. The maximum Gasteiger partial charge on any atom is 0.407 e. The van der Waals surface area contributed by atoms with Gasteiger partial charge >= 0.3 is 12.1 Å². The summed E-state index contributed by atoms with van der Waals surface area (Å²) in [6.45, 7) is 10.9. The van der Waals surface area contributed by atoms with E-state index >= 15 is 0 Å². The second-order valence-corrected chi connectivity index (χ2v) is 7.01.